The number of pyridine rings is 2. The molecule has 6 N–H and O–H groups in total. The van der Waals surface area contributed by atoms with Crippen molar-refractivity contribution < 1.29 is 107 Å². The normalized spacial score (nSPS) is 17.0. The van der Waals surface area contributed by atoms with E-state index in [0.29, 0.717) is 33.4 Å². The third-order valence-electron chi connectivity index (χ3n) is 19.5. The highest BCUT2D eigenvalue weighted by Gasteiger charge is 2.54. The predicted molar refractivity (Wildman–Crippen MR) is 435 cm³/mol. The molecule has 3 aliphatic rings. The van der Waals surface area contributed by atoms with E-state index >= 15 is 0 Å². The van der Waals surface area contributed by atoms with Gasteiger partial charge in [0.1, 0.15) is 72.4 Å². The molecule has 2 aromatic heterocycles. The third kappa shape index (κ3) is 26.4. The summed E-state index contributed by atoms with van der Waals surface area (Å²) in [6, 6.07) is 28.3. The molecule has 8 aromatic rings. The number of rotatable bonds is 17. The van der Waals surface area contributed by atoms with Gasteiger partial charge in [-0.15, -0.1) is 0 Å². The molecule has 21 nitrogen and oxygen atoms in total. The van der Waals surface area contributed by atoms with Crippen LogP contribution in [0.1, 0.15) is 172 Å². The van der Waals surface area contributed by atoms with Crippen LogP contribution in [0.3, 0.4) is 0 Å². The number of esters is 2. The van der Waals surface area contributed by atoms with Gasteiger partial charge in [-0.05, 0) is 277 Å². The number of carbonyl (C=O) groups is 2. The Bertz CT molecular complexity index is 5120. The molecule has 0 bridgehead atoms. The Morgan fingerprint density at radius 1 is 0.453 bits per heavy atom. The quantitative estimate of drug-likeness (QED) is 0.0251. The Balaban J connectivity index is 0.000000207. The van der Waals surface area contributed by atoms with Crippen LogP contribution in [0.5, 0.6) is 0 Å². The zero-order chi connectivity index (χ0) is 88.1. The summed E-state index contributed by atoms with van der Waals surface area (Å²) in [6.07, 6.45) is 3.27. The summed E-state index contributed by atoms with van der Waals surface area (Å²) in [5, 5.41) is 10.1. The maximum absolute atomic E-state index is 14.1. The zero-order valence-electron chi connectivity index (χ0n) is 67.7. The Hall–Kier alpha value is -7.71. The van der Waals surface area contributed by atoms with Crippen molar-refractivity contribution in [2.24, 2.45) is 10.3 Å². The van der Waals surface area contributed by atoms with Crippen LogP contribution in [0, 0.1) is 46.5 Å². The molecule has 117 heavy (non-hydrogen) atoms. The van der Waals surface area contributed by atoms with Gasteiger partial charge >= 0.3 is 33.3 Å². The van der Waals surface area contributed by atoms with E-state index in [0.717, 1.165) is 70.6 Å². The molecule has 0 unspecified atom stereocenters. The summed E-state index contributed by atoms with van der Waals surface area (Å²) in [7, 11) is -9.45. The van der Waals surface area contributed by atoms with E-state index in [1.807, 2.05) is 89.2 Å². The first-order valence-corrected chi connectivity index (χ1v) is 42.6. The number of nitrogens with zero attached hydrogens (tertiary/aromatic N) is 2. The fourth-order valence-electron chi connectivity index (χ4n) is 11.7. The molecule has 632 valence electrons. The second-order valence-electron chi connectivity index (χ2n) is 32.8. The Labute approximate surface area is 692 Å². The number of nitrogens with two attached hydrogens (primary N) is 3. The molecule has 5 heterocycles. The molecule has 0 saturated carbocycles. The first-order valence-electron chi connectivity index (χ1n) is 36.4. The van der Waals surface area contributed by atoms with Gasteiger partial charge in [0.05, 0.1) is 63.5 Å². The van der Waals surface area contributed by atoms with Gasteiger partial charge in [-0.1, -0.05) is 30.3 Å². The number of ether oxygens (including phenoxy) is 2. The lowest BCUT2D eigenvalue weighted by Gasteiger charge is -2.32. The molecule has 6 aromatic carbocycles. The molecule has 3 aliphatic heterocycles. The molecular formula is C80H94B3BrClF8N5O16S3. The van der Waals surface area contributed by atoms with Crippen molar-refractivity contribution in [3.05, 3.63) is 219 Å². The Morgan fingerprint density at radius 2 is 0.769 bits per heavy atom. The molecule has 3 fully saturated rings. The highest BCUT2D eigenvalue weighted by atomic mass is 79.9. The fourth-order valence-corrected chi connectivity index (χ4v) is 14.5. The van der Waals surface area contributed by atoms with Gasteiger partial charge in [0, 0.05) is 57.1 Å². The van der Waals surface area contributed by atoms with Crippen molar-refractivity contribution in [3.8, 4) is 11.1 Å². The second-order valence-corrected chi connectivity index (χ2v) is 39.3. The van der Waals surface area contributed by atoms with Gasteiger partial charge in [-0.3, -0.25) is 19.6 Å². The molecule has 2 atom stereocenters. The summed E-state index contributed by atoms with van der Waals surface area (Å²) in [4.78, 5) is 31.8. The highest BCUT2D eigenvalue weighted by Crippen LogP contribution is 2.41. The van der Waals surface area contributed by atoms with Gasteiger partial charge in [0.15, 0.2) is 0 Å². The number of benzene rings is 6. The monoisotopic (exact) mass is 1780 g/mol. The summed E-state index contributed by atoms with van der Waals surface area (Å²) in [6.45, 7) is 33.4. The Kier molecular flexibility index (Phi) is 30.6. The van der Waals surface area contributed by atoms with Crippen LogP contribution >= 0.6 is 26.6 Å². The second kappa shape index (κ2) is 37.1. The molecule has 11 rings (SSSR count). The lowest BCUT2D eigenvalue weighted by molar-refractivity contribution is -0.156. The molecule has 3 saturated heterocycles. The van der Waals surface area contributed by atoms with E-state index in [2.05, 4.69) is 25.9 Å². The summed E-state index contributed by atoms with van der Waals surface area (Å²) in [5.41, 5.74) is 5.22. The average Bonchev–Trinajstić information content (AvgIpc) is 1.67. The maximum Gasteiger partial charge on any atom is 0.494 e. The number of nitrogen functional groups attached to an aromatic ring is 1. The standard InChI is InChI=1S/C25H25F3N2O4S.C19H20BrF2NO2.C12H15BClFO4S.C12H17BFNO4S.C12H17BFNO2/c1-25(2,3)34-23(31)13-17(9-15-10-18(26)14-19(27)11-15)24-20(5-4-8-30-24)16-6-7-21(28)22(12-16)35(29,32)33;1-19(2,3)25-17(24)10-13(18-16(20)5-4-6-23-18)7-12-8-14(21)11-15(22)9-12;1-11(2)12(3,4)19-13(18-11)8-5-6-9(15)10(7-8)20(14,16)17;1-11(2)12(3,4)19-13(18-11)8-5-6-9(14)10(7-8)20(15,16)17;1-11(2)12(3,4)17-13(16-11)8-5-6-9(14)10(15)7-8/h4-8,10-12,14,17H,9,13H2,1-3H3,(H2,29,32,33);4-6,8-9,11,13H,7,10H2,1-3H3;5-7H,1-4H3;5-7H,1-4H3,(H2,15,16,17);5-7H,15H2,1-4H3/t17-;13-;;;/m11.../s1. The summed E-state index contributed by atoms with van der Waals surface area (Å²) < 4.78 is 224. The Morgan fingerprint density at radius 3 is 1.12 bits per heavy atom. The topological polar surface area (TPSA) is 314 Å². The number of hydrogen-bond donors (Lipinski definition) is 3. The van der Waals surface area contributed by atoms with Crippen LogP contribution in [0.2, 0.25) is 0 Å². The van der Waals surface area contributed by atoms with Crippen molar-refractivity contribution in [2.45, 2.75) is 222 Å². The van der Waals surface area contributed by atoms with E-state index in [4.69, 9.17) is 64.1 Å². The van der Waals surface area contributed by atoms with Crippen molar-refractivity contribution in [1.82, 2.24) is 9.97 Å². The molecule has 0 radical (unpaired) electrons. The molecular weight excluding hydrogens is 1680 g/mol. The maximum atomic E-state index is 14.1. The number of sulfonamides is 2. The number of halogens is 10. The number of anilines is 1. The number of primary sulfonamides is 2. The van der Waals surface area contributed by atoms with Crippen LogP contribution in [0.15, 0.2) is 165 Å². The number of hydrogen-bond acceptors (Lipinski definition) is 19. The van der Waals surface area contributed by atoms with Crippen molar-refractivity contribution in [1.29, 1.82) is 0 Å². The van der Waals surface area contributed by atoms with E-state index in [1.165, 1.54) is 42.6 Å². The van der Waals surface area contributed by atoms with Crippen LogP contribution in [0.25, 0.3) is 11.1 Å². The highest BCUT2D eigenvalue weighted by molar-refractivity contribution is 9.10. The smallest absolute Gasteiger partial charge is 0.460 e. The fraction of sp³-hybridized carbons (Fsp3) is 0.400. The summed E-state index contributed by atoms with van der Waals surface area (Å²) in [5.74, 6) is -8.08. The molecule has 0 spiro atoms. The van der Waals surface area contributed by atoms with Gasteiger partial charge in [-0.2, -0.15) is 0 Å². The van der Waals surface area contributed by atoms with E-state index in [9.17, 15) is 70.0 Å². The van der Waals surface area contributed by atoms with E-state index < -0.39 is 168 Å². The van der Waals surface area contributed by atoms with Gasteiger partial charge < -0.3 is 43.1 Å². The van der Waals surface area contributed by atoms with Gasteiger partial charge in [-0.25, -0.2) is 70.7 Å². The number of aromatic nitrogens is 2. The molecule has 37 heteroatoms. The first kappa shape index (κ1) is 96.4. The zero-order valence-corrected chi connectivity index (χ0v) is 72.5. The van der Waals surface area contributed by atoms with Crippen LogP contribution < -0.4 is 32.4 Å². The molecule has 0 aliphatic carbocycles. The lowest BCUT2D eigenvalue weighted by Crippen LogP contribution is -2.41. The van der Waals surface area contributed by atoms with Crippen LogP contribution in [-0.4, -0.2) is 113 Å². The van der Waals surface area contributed by atoms with Crippen molar-refractivity contribution in [3.63, 3.8) is 0 Å². The minimum atomic E-state index is -4.35. The van der Waals surface area contributed by atoms with E-state index in [-0.39, 0.29) is 54.4 Å². The minimum absolute atomic E-state index is 0.0289. The molecule has 0 amide bonds. The van der Waals surface area contributed by atoms with Crippen molar-refractivity contribution >= 4 is 111 Å². The number of carbonyl (C=O) groups excluding carboxylic acids is 2. The summed E-state index contributed by atoms with van der Waals surface area (Å²) >= 11 is 3.43. The van der Waals surface area contributed by atoms with E-state index in [1.54, 1.807) is 78.1 Å². The predicted octanol–water partition coefficient (Wildman–Crippen LogP) is 14.6. The largest absolute Gasteiger partial charge is 0.494 e. The van der Waals surface area contributed by atoms with Crippen molar-refractivity contribution in [2.75, 3.05) is 5.73 Å². The minimum Gasteiger partial charge on any atom is -0.460 e. The van der Waals surface area contributed by atoms with Gasteiger partial charge in [0.2, 0.25) is 20.0 Å². The first-order chi connectivity index (χ1) is 53.5. The van der Waals surface area contributed by atoms with Gasteiger partial charge in [0.25, 0.3) is 9.05 Å². The third-order valence-corrected chi connectivity index (χ3v) is 23.4. The average molecular weight is 1780 g/mol. The van der Waals surface area contributed by atoms with Crippen LogP contribution in [-0.2, 0) is 88.9 Å². The van der Waals surface area contributed by atoms with Crippen LogP contribution in [0.4, 0.5) is 40.8 Å². The SMILES string of the molecule is CC(C)(C)OC(=O)C[C@@H](Cc1cc(F)cc(F)c1)c1ncccc1-c1ccc(F)c(S(N)(=O)=O)c1.CC(C)(C)OC(=O)C[C@@H](Cc1cc(F)cc(F)c1)c1ncccc1Br.CC1(C)OB(c2ccc(F)c(N)c2)OC1(C)C.CC1(C)OB(c2ccc(F)c(S(=O)(=O)Cl)c2)OC1(C)C.CC1(C)OB(c2ccc(F)c(S(N)(=O)=O)c2)OC1(C)C. The lowest BCUT2D eigenvalue weighted by atomic mass is 9.79.